The summed E-state index contributed by atoms with van der Waals surface area (Å²) in [4.78, 5) is 22.0. The number of carboxylic acid groups (broad SMARTS) is 1. The van der Waals surface area contributed by atoms with E-state index in [4.69, 9.17) is 9.84 Å². The molecule has 0 aliphatic heterocycles. The van der Waals surface area contributed by atoms with Crippen molar-refractivity contribution in [3.8, 4) is 0 Å². The molecule has 7 heteroatoms. The van der Waals surface area contributed by atoms with Crippen LogP contribution in [0.1, 0.15) is 6.42 Å². The van der Waals surface area contributed by atoms with Gasteiger partial charge in [-0.15, -0.1) is 0 Å². The number of hydrogen-bond acceptors (Lipinski definition) is 3. The van der Waals surface area contributed by atoms with Crippen molar-refractivity contribution in [3.05, 3.63) is 11.1 Å². The minimum Gasteiger partial charge on any atom is -0.480 e. The number of methoxy groups -OCH3 is 1. The predicted molar refractivity (Wildman–Crippen MR) is 62.5 cm³/mol. The Bertz CT molecular complexity index is 270. The molecule has 6 nitrogen and oxygen atoms in total. The van der Waals surface area contributed by atoms with Crippen LogP contribution in [-0.4, -0.2) is 43.4 Å². The van der Waals surface area contributed by atoms with Crippen molar-refractivity contribution in [2.24, 2.45) is 0 Å². The predicted octanol–water partition coefficient (Wildman–Crippen LogP) is 0.684. The van der Waals surface area contributed by atoms with E-state index in [1.54, 1.807) is 0 Å². The maximum atomic E-state index is 11.2. The Balaban J connectivity index is 4.02. The molecule has 0 saturated carbocycles. The second-order valence-corrected chi connectivity index (χ2v) is 4.14. The van der Waals surface area contributed by atoms with E-state index in [2.05, 4.69) is 33.1 Å². The van der Waals surface area contributed by atoms with E-state index in [0.717, 1.165) is 0 Å². The lowest BCUT2D eigenvalue weighted by Gasteiger charge is -2.14. The highest BCUT2D eigenvalue weighted by atomic mass is 79.9. The van der Waals surface area contributed by atoms with Crippen molar-refractivity contribution in [1.82, 2.24) is 10.6 Å². The van der Waals surface area contributed by atoms with Gasteiger partial charge in [-0.3, -0.25) is 0 Å². The largest absolute Gasteiger partial charge is 0.480 e. The molecular weight excluding hydrogens is 280 g/mol. The average molecular weight is 295 g/mol. The minimum atomic E-state index is -1.09. The standard InChI is InChI=1S/C9H15BrN2O4/c1-6(10)5-11-9(15)12-7(8(13)14)3-4-16-2/h7H,1,3-5H2,2H3,(H,13,14)(H2,11,12,15). The summed E-state index contributed by atoms with van der Waals surface area (Å²) in [6.07, 6.45) is 0.217. The van der Waals surface area contributed by atoms with Crippen LogP contribution in [0.3, 0.4) is 0 Å². The number of amides is 2. The number of halogens is 1. The van der Waals surface area contributed by atoms with Gasteiger partial charge in [-0.2, -0.15) is 0 Å². The first-order chi connectivity index (χ1) is 7.47. The molecule has 1 atom stereocenters. The highest BCUT2D eigenvalue weighted by Gasteiger charge is 2.19. The van der Waals surface area contributed by atoms with Crippen molar-refractivity contribution in [1.29, 1.82) is 0 Å². The monoisotopic (exact) mass is 294 g/mol. The lowest BCUT2D eigenvalue weighted by atomic mass is 10.2. The van der Waals surface area contributed by atoms with Gasteiger partial charge in [0.1, 0.15) is 6.04 Å². The molecule has 0 bridgehead atoms. The van der Waals surface area contributed by atoms with Crippen LogP contribution < -0.4 is 10.6 Å². The summed E-state index contributed by atoms with van der Waals surface area (Å²) >= 11 is 3.07. The number of ether oxygens (including phenoxy) is 1. The lowest BCUT2D eigenvalue weighted by molar-refractivity contribution is -0.139. The number of hydrogen-bond donors (Lipinski definition) is 3. The van der Waals surface area contributed by atoms with Gasteiger partial charge in [0.05, 0.1) is 6.54 Å². The fourth-order valence-electron chi connectivity index (χ4n) is 0.879. The maximum Gasteiger partial charge on any atom is 0.326 e. The van der Waals surface area contributed by atoms with Crippen LogP contribution in [-0.2, 0) is 9.53 Å². The highest BCUT2D eigenvalue weighted by Crippen LogP contribution is 1.97. The van der Waals surface area contributed by atoms with Crippen LogP contribution in [0.5, 0.6) is 0 Å². The second-order valence-electron chi connectivity index (χ2n) is 3.02. The third-order valence-corrected chi connectivity index (χ3v) is 1.94. The molecule has 0 rings (SSSR count). The first-order valence-electron chi connectivity index (χ1n) is 4.56. The zero-order valence-corrected chi connectivity index (χ0v) is 10.5. The Morgan fingerprint density at radius 2 is 2.19 bits per heavy atom. The molecule has 0 saturated heterocycles. The van der Waals surface area contributed by atoms with Crippen molar-refractivity contribution in [2.45, 2.75) is 12.5 Å². The van der Waals surface area contributed by atoms with Crippen LogP contribution in [0.4, 0.5) is 4.79 Å². The van der Waals surface area contributed by atoms with E-state index in [1.165, 1.54) is 7.11 Å². The molecule has 0 fully saturated rings. The highest BCUT2D eigenvalue weighted by molar-refractivity contribution is 9.11. The number of aliphatic carboxylic acids is 1. The van der Waals surface area contributed by atoms with E-state index in [0.29, 0.717) is 4.48 Å². The maximum absolute atomic E-state index is 11.2. The molecule has 2 amide bonds. The third kappa shape index (κ3) is 7.24. The summed E-state index contributed by atoms with van der Waals surface area (Å²) in [5.41, 5.74) is 0. The molecule has 0 spiro atoms. The Labute approximate surface area is 102 Å². The SMILES string of the molecule is C=C(Br)CNC(=O)NC(CCOC)C(=O)O. The van der Waals surface area contributed by atoms with E-state index in [-0.39, 0.29) is 19.6 Å². The molecule has 0 heterocycles. The minimum absolute atomic E-state index is 0.217. The fraction of sp³-hybridized carbons (Fsp3) is 0.556. The molecular formula is C9H15BrN2O4. The van der Waals surface area contributed by atoms with E-state index < -0.39 is 18.0 Å². The Morgan fingerprint density at radius 3 is 2.62 bits per heavy atom. The average Bonchev–Trinajstić information content (AvgIpc) is 2.20. The molecule has 0 aliphatic carbocycles. The topological polar surface area (TPSA) is 87.7 Å². The van der Waals surface area contributed by atoms with Gasteiger partial charge >= 0.3 is 12.0 Å². The first kappa shape index (κ1) is 14.9. The molecule has 0 aromatic heterocycles. The number of carboxylic acids is 1. The number of carbonyl (C=O) groups excluding carboxylic acids is 1. The molecule has 0 aliphatic rings. The normalized spacial score (nSPS) is 11.6. The van der Waals surface area contributed by atoms with Crippen LogP contribution in [0.25, 0.3) is 0 Å². The van der Waals surface area contributed by atoms with Gasteiger partial charge in [0.2, 0.25) is 0 Å². The summed E-state index contributed by atoms with van der Waals surface area (Å²) < 4.78 is 5.35. The van der Waals surface area contributed by atoms with Gasteiger partial charge in [0.15, 0.2) is 0 Å². The Kier molecular flexibility index (Phi) is 7.57. The molecule has 16 heavy (non-hydrogen) atoms. The van der Waals surface area contributed by atoms with Crippen molar-refractivity contribution >= 4 is 27.9 Å². The second kappa shape index (κ2) is 8.12. The van der Waals surface area contributed by atoms with Crippen LogP contribution >= 0.6 is 15.9 Å². The molecule has 92 valence electrons. The third-order valence-electron chi connectivity index (χ3n) is 1.65. The van der Waals surface area contributed by atoms with Gasteiger partial charge in [-0.1, -0.05) is 22.5 Å². The summed E-state index contributed by atoms with van der Waals surface area (Å²) in [5, 5.41) is 13.6. The molecule has 0 aromatic carbocycles. The van der Waals surface area contributed by atoms with E-state index in [9.17, 15) is 9.59 Å². The zero-order valence-electron chi connectivity index (χ0n) is 8.96. The van der Waals surface area contributed by atoms with Crippen LogP contribution in [0, 0.1) is 0 Å². The summed E-state index contributed by atoms with van der Waals surface area (Å²) in [5.74, 6) is -1.09. The molecule has 1 unspecified atom stereocenters. The van der Waals surface area contributed by atoms with Crippen molar-refractivity contribution < 1.29 is 19.4 Å². The number of carbonyl (C=O) groups is 2. The van der Waals surface area contributed by atoms with E-state index in [1.807, 2.05) is 0 Å². The van der Waals surface area contributed by atoms with Crippen molar-refractivity contribution in [3.63, 3.8) is 0 Å². The van der Waals surface area contributed by atoms with Gasteiger partial charge in [0.25, 0.3) is 0 Å². The zero-order chi connectivity index (χ0) is 12.6. The summed E-state index contributed by atoms with van der Waals surface area (Å²) in [7, 11) is 1.47. The quantitative estimate of drug-likeness (QED) is 0.644. The van der Waals surface area contributed by atoms with Crippen LogP contribution in [0.2, 0.25) is 0 Å². The molecule has 0 aromatic rings. The van der Waals surface area contributed by atoms with Crippen molar-refractivity contribution in [2.75, 3.05) is 20.3 Å². The van der Waals surface area contributed by atoms with Gasteiger partial charge in [0, 0.05) is 24.6 Å². The van der Waals surface area contributed by atoms with Gasteiger partial charge < -0.3 is 20.5 Å². The molecule has 3 N–H and O–H groups in total. The number of nitrogens with one attached hydrogen (secondary N) is 2. The smallest absolute Gasteiger partial charge is 0.326 e. The van der Waals surface area contributed by atoms with E-state index >= 15 is 0 Å². The Hall–Kier alpha value is -1.08. The summed E-state index contributed by atoms with van der Waals surface area (Å²) in [6, 6.07) is -1.51. The fourth-order valence-corrected chi connectivity index (χ4v) is 1.02. The van der Waals surface area contributed by atoms with Gasteiger partial charge in [-0.25, -0.2) is 9.59 Å². The number of urea groups is 1. The Morgan fingerprint density at radius 1 is 1.56 bits per heavy atom. The number of rotatable bonds is 7. The summed E-state index contributed by atoms with van der Waals surface area (Å²) in [6.45, 7) is 4.03. The first-order valence-corrected chi connectivity index (χ1v) is 5.36. The van der Waals surface area contributed by atoms with Crippen LogP contribution in [0.15, 0.2) is 11.1 Å². The lowest BCUT2D eigenvalue weighted by Crippen LogP contribution is -2.46. The van der Waals surface area contributed by atoms with Gasteiger partial charge in [-0.05, 0) is 0 Å². The molecule has 0 radical (unpaired) electrons.